The summed E-state index contributed by atoms with van der Waals surface area (Å²) < 4.78 is 0. The molecule has 1 fully saturated rings. The van der Waals surface area contributed by atoms with Crippen LogP contribution >= 0.6 is 0 Å². The van der Waals surface area contributed by atoms with Crippen LogP contribution in [0.15, 0.2) is 55.7 Å². The van der Waals surface area contributed by atoms with Crippen LogP contribution in [0.25, 0.3) is 5.57 Å². The molecule has 33 heavy (non-hydrogen) atoms. The first kappa shape index (κ1) is 30.3. The van der Waals surface area contributed by atoms with Gasteiger partial charge in [0.25, 0.3) is 0 Å². The molecule has 184 valence electrons. The predicted octanol–water partition coefficient (Wildman–Crippen LogP) is 5.65. The normalized spacial score (nSPS) is 17.2. The van der Waals surface area contributed by atoms with Crippen molar-refractivity contribution in [3.63, 3.8) is 0 Å². The summed E-state index contributed by atoms with van der Waals surface area (Å²) in [5.74, 6) is -0.196. The number of rotatable bonds is 7. The minimum absolute atomic E-state index is 0.0468. The maximum Gasteiger partial charge on any atom is 0.243 e. The van der Waals surface area contributed by atoms with E-state index in [1.807, 2.05) is 60.6 Å². The maximum atomic E-state index is 12.9. The predicted molar refractivity (Wildman–Crippen MR) is 142 cm³/mol. The smallest absolute Gasteiger partial charge is 0.243 e. The second-order valence-corrected chi connectivity index (χ2v) is 8.29. The van der Waals surface area contributed by atoms with Gasteiger partial charge in [-0.3, -0.25) is 9.59 Å². The molecule has 2 amide bonds. The number of hydrogen-bond donors (Lipinski definition) is 2. The lowest BCUT2D eigenvalue weighted by Crippen LogP contribution is -2.52. The molecule has 1 aromatic carbocycles. The number of nitrogens with two attached hydrogens (primary N) is 1. The molecular formula is C28H45N3O2. The molecule has 3 N–H and O–H groups in total. The van der Waals surface area contributed by atoms with Crippen molar-refractivity contribution in [2.75, 3.05) is 6.54 Å². The third-order valence-electron chi connectivity index (χ3n) is 5.67. The van der Waals surface area contributed by atoms with Gasteiger partial charge in [0.1, 0.15) is 6.04 Å². The zero-order valence-electron chi connectivity index (χ0n) is 21.8. The number of nitrogens with one attached hydrogen (secondary N) is 1. The van der Waals surface area contributed by atoms with Crippen LogP contribution in [0.1, 0.15) is 78.5 Å². The van der Waals surface area contributed by atoms with Crippen LogP contribution in [0, 0.1) is 5.92 Å². The number of hydrogen-bond acceptors (Lipinski definition) is 3. The molecule has 1 aromatic rings. The first-order chi connectivity index (χ1) is 15.7. The molecule has 1 heterocycles. The molecule has 2 rings (SSSR count). The Bertz CT molecular complexity index is 796. The fraction of sp³-hybridized carbons (Fsp3) is 0.500. The van der Waals surface area contributed by atoms with Crippen molar-refractivity contribution in [3.05, 3.63) is 66.8 Å². The second kappa shape index (κ2) is 15.2. The Hall–Kier alpha value is -2.66. The van der Waals surface area contributed by atoms with Crippen LogP contribution in [-0.4, -0.2) is 35.3 Å². The molecule has 0 bridgehead atoms. The molecule has 0 spiro atoms. The summed E-state index contributed by atoms with van der Waals surface area (Å²) in [6.45, 7) is 24.4. The van der Waals surface area contributed by atoms with Gasteiger partial charge in [-0.1, -0.05) is 70.2 Å². The van der Waals surface area contributed by atoms with Crippen molar-refractivity contribution in [2.24, 2.45) is 11.7 Å². The van der Waals surface area contributed by atoms with Gasteiger partial charge in [0, 0.05) is 6.54 Å². The van der Waals surface area contributed by atoms with E-state index in [1.54, 1.807) is 4.90 Å². The summed E-state index contributed by atoms with van der Waals surface area (Å²) in [5, 5.41) is 3.07. The molecule has 0 aromatic heterocycles. The van der Waals surface area contributed by atoms with Crippen LogP contribution in [0.5, 0.6) is 0 Å². The fourth-order valence-corrected chi connectivity index (χ4v) is 3.78. The SMILES string of the molecule is C=C.C=C(C)/C(=C\C)c1ccc(C(C)NC(=O)C2CCCN2C(=O)C(N)C(C)C)cc1.CC. The largest absolute Gasteiger partial charge is 0.348 e. The monoisotopic (exact) mass is 455 g/mol. The zero-order valence-corrected chi connectivity index (χ0v) is 21.8. The number of benzene rings is 1. The van der Waals surface area contributed by atoms with Gasteiger partial charge in [0.2, 0.25) is 11.8 Å². The first-order valence-electron chi connectivity index (χ1n) is 12.0. The van der Waals surface area contributed by atoms with Gasteiger partial charge in [0.15, 0.2) is 0 Å². The van der Waals surface area contributed by atoms with Crippen LogP contribution in [0.3, 0.4) is 0 Å². The lowest BCUT2D eigenvalue weighted by atomic mass is 9.97. The van der Waals surface area contributed by atoms with E-state index in [9.17, 15) is 9.59 Å². The van der Waals surface area contributed by atoms with E-state index in [1.165, 1.54) is 0 Å². The number of carbonyl (C=O) groups is 2. The minimum Gasteiger partial charge on any atom is -0.348 e. The van der Waals surface area contributed by atoms with E-state index >= 15 is 0 Å². The summed E-state index contributed by atoms with van der Waals surface area (Å²) in [5.41, 5.74) is 10.3. The molecule has 1 saturated heterocycles. The Morgan fingerprint density at radius 2 is 1.70 bits per heavy atom. The molecular weight excluding hydrogens is 410 g/mol. The number of amides is 2. The summed E-state index contributed by atoms with van der Waals surface area (Å²) >= 11 is 0. The van der Waals surface area contributed by atoms with E-state index in [0.717, 1.165) is 28.7 Å². The van der Waals surface area contributed by atoms with Crippen LogP contribution in [-0.2, 0) is 9.59 Å². The lowest BCUT2D eigenvalue weighted by Gasteiger charge is -2.29. The molecule has 0 aliphatic carbocycles. The zero-order chi connectivity index (χ0) is 25.7. The third kappa shape index (κ3) is 8.32. The van der Waals surface area contributed by atoms with Crippen molar-refractivity contribution in [2.45, 2.75) is 79.4 Å². The minimum atomic E-state index is -0.567. The second-order valence-electron chi connectivity index (χ2n) is 8.29. The van der Waals surface area contributed by atoms with E-state index < -0.39 is 12.1 Å². The molecule has 5 heteroatoms. The molecule has 0 radical (unpaired) electrons. The maximum absolute atomic E-state index is 12.9. The van der Waals surface area contributed by atoms with Crippen molar-refractivity contribution in [1.29, 1.82) is 0 Å². The highest BCUT2D eigenvalue weighted by Gasteiger charge is 2.37. The Balaban J connectivity index is 0.00000242. The molecule has 1 aliphatic heterocycles. The van der Waals surface area contributed by atoms with Crippen LogP contribution in [0.4, 0.5) is 0 Å². The molecule has 5 nitrogen and oxygen atoms in total. The van der Waals surface area contributed by atoms with Crippen LogP contribution < -0.4 is 11.1 Å². The highest BCUT2D eigenvalue weighted by atomic mass is 16.2. The Kier molecular flexibility index (Phi) is 14.0. The summed E-state index contributed by atoms with van der Waals surface area (Å²) in [6.07, 6.45) is 3.55. The Morgan fingerprint density at radius 3 is 2.15 bits per heavy atom. The van der Waals surface area contributed by atoms with Crippen molar-refractivity contribution in [1.82, 2.24) is 10.2 Å². The third-order valence-corrected chi connectivity index (χ3v) is 5.67. The summed E-state index contributed by atoms with van der Waals surface area (Å²) in [6, 6.07) is 7.00. The number of carbonyl (C=O) groups excluding carboxylic acids is 2. The van der Waals surface area contributed by atoms with E-state index in [4.69, 9.17) is 5.73 Å². The van der Waals surface area contributed by atoms with E-state index in [-0.39, 0.29) is 23.8 Å². The van der Waals surface area contributed by atoms with Crippen LogP contribution in [0.2, 0.25) is 0 Å². The van der Waals surface area contributed by atoms with Gasteiger partial charge < -0.3 is 16.0 Å². The Labute approximate surface area is 201 Å². The lowest BCUT2D eigenvalue weighted by molar-refractivity contribution is -0.140. The van der Waals surface area contributed by atoms with Gasteiger partial charge >= 0.3 is 0 Å². The van der Waals surface area contributed by atoms with E-state index in [2.05, 4.69) is 43.3 Å². The molecule has 3 atom stereocenters. The average molecular weight is 456 g/mol. The highest BCUT2D eigenvalue weighted by molar-refractivity contribution is 5.90. The number of likely N-dealkylation sites (tertiary alicyclic amines) is 1. The highest BCUT2D eigenvalue weighted by Crippen LogP contribution is 2.24. The number of nitrogens with zero attached hydrogens (tertiary/aromatic N) is 1. The van der Waals surface area contributed by atoms with Gasteiger partial charge in [-0.05, 0) is 56.2 Å². The van der Waals surface area contributed by atoms with Gasteiger partial charge in [-0.15, -0.1) is 13.2 Å². The quantitative estimate of drug-likeness (QED) is 0.412. The standard InChI is InChI=1S/C24H35N3O2.C2H6.C2H4/c1-7-20(15(2)3)19-12-10-18(11-13-19)17(6)26-23(28)21-9-8-14-27(21)24(29)22(25)16(4)5;2*1-2/h7,10-13,16-17,21-22H,2,8-9,14,25H2,1,3-6H3,(H,26,28);1-2H3;1-2H2/b20-7+;;. The number of allylic oxidation sites excluding steroid dienone is 3. The van der Waals surface area contributed by atoms with Crippen molar-refractivity contribution < 1.29 is 9.59 Å². The van der Waals surface area contributed by atoms with Gasteiger partial charge in [-0.25, -0.2) is 0 Å². The van der Waals surface area contributed by atoms with Crippen molar-refractivity contribution in [3.8, 4) is 0 Å². The summed E-state index contributed by atoms with van der Waals surface area (Å²) in [4.78, 5) is 27.2. The average Bonchev–Trinajstić information content (AvgIpc) is 3.31. The fourth-order valence-electron chi connectivity index (χ4n) is 3.78. The molecule has 1 aliphatic rings. The van der Waals surface area contributed by atoms with Crippen molar-refractivity contribution >= 4 is 17.4 Å². The molecule has 0 saturated carbocycles. The summed E-state index contributed by atoms with van der Waals surface area (Å²) in [7, 11) is 0. The Morgan fingerprint density at radius 1 is 1.15 bits per heavy atom. The van der Waals surface area contributed by atoms with Gasteiger partial charge in [-0.2, -0.15) is 0 Å². The van der Waals surface area contributed by atoms with E-state index in [0.29, 0.717) is 13.0 Å². The topological polar surface area (TPSA) is 75.4 Å². The van der Waals surface area contributed by atoms with Gasteiger partial charge in [0.05, 0.1) is 12.1 Å². The molecule has 3 unspecified atom stereocenters. The first-order valence-corrected chi connectivity index (χ1v) is 12.0.